The van der Waals surface area contributed by atoms with Gasteiger partial charge in [-0.1, -0.05) is 41.7 Å². The Morgan fingerprint density at radius 2 is 1.80 bits per heavy atom. The van der Waals surface area contributed by atoms with Crippen molar-refractivity contribution in [2.24, 2.45) is 11.8 Å². The number of H-pyrrole nitrogens is 1. The SMILES string of the molecule is O=C(OC1C2CCC1C(NCCCOc1ccc(CNC[C@H](O)c3ccc(O)c4[nH]c(=O)sc34)cc1)C2)C(O)(c1cccs1)c1cccs1. The summed E-state index contributed by atoms with van der Waals surface area (Å²) in [5, 5.41) is 43.0. The summed E-state index contributed by atoms with van der Waals surface area (Å²) in [6, 6.07) is 18.5. The molecule has 2 saturated carbocycles. The van der Waals surface area contributed by atoms with E-state index in [0.717, 1.165) is 54.9 Å². The number of aromatic nitrogens is 1. The van der Waals surface area contributed by atoms with Crippen LogP contribution in [0.5, 0.6) is 11.5 Å². The number of phenols is 1. The summed E-state index contributed by atoms with van der Waals surface area (Å²) in [6.45, 7) is 2.19. The van der Waals surface area contributed by atoms with E-state index >= 15 is 0 Å². The fraction of sp³-hybridized carbons (Fsp3) is 0.389. The number of aromatic amines is 1. The molecule has 0 saturated heterocycles. The van der Waals surface area contributed by atoms with Crippen LogP contribution in [0.2, 0.25) is 0 Å². The molecule has 3 heterocycles. The number of rotatable bonds is 15. The standard InChI is InChI=1S/C36H39N3O7S3/c40-27-13-12-25(33-31(27)39-35(43)49-33)28(41)20-37-19-21-6-9-23(10-7-21)45-15-3-14-38-26-18-22-8-11-24(26)32(22)46-34(42)36(44,29-4-1-16-47-29)30-5-2-17-48-30/h1-2,4-7,9-10,12-13,16-17,22,24,26,28,32,37-38,40-41,44H,3,8,11,14-15,18-20H2,(H,39,43)/t22?,24?,26?,28-,32?/m0/s1. The number of ether oxygens (including phenoxy) is 2. The average molecular weight is 722 g/mol. The van der Waals surface area contributed by atoms with Crippen molar-refractivity contribution in [3.63, 3.8) is 0 Å². The number of aliphatic hydroxyl groups excluding tert-OH is 1. The van der Waals surface area contributed by atoms with E-state index in [2.05, 4.69) is 15.6 Å². The molecule has 3 aromatic heterocycles. The minimum absolute atomic E-state index is 0.0135. The molecule has 2 bridgehead atoms. The van der Waals surface area contributed by atoms with Crippen molar-refractivity contribution in [3.05, 3.63) is 102 Å². The summed E-state index contributed by atoms with van der Waals surface area (Å²) in [4.78, 5) is 28.8. The Labute approximate surface area is 295 Å². The van der Waals surface area contributed by atoms with Crippen molar-refractivity contribution in [2.75, 3.05) is 19.7 Å². The molecular formula is C36H39N3O7S3. The number of carbonyl (C=O) groups is 1. The van der Waals surface area contributed by atoms with Crippen LogP contribution in [-0.2, 0) is 21.7 Å². The van der Waals surface area contributed by atoms with Gasteiger partial charge in [0.2, 0.25) is 5.60 Å². The minimum Gasteiger partial charge on any atom is -0.506 e. The van der Waals surface area contributed by atoms with Gasteiger partial charge >= 0.3 is 10.8 Å². The van der Waals surface area contributed by atoms with Crippen LogP contribution in [-0.4, -0.2) is 58.1 Å². The van der Waals surface area contributed by atoms with Gasteiger partial charge in [0.25, 0.3) is 0 Å². The number of nitrogens with one attached hydrogen (secondary N) is 3. The highest BCUT2D eigenvalue weighted by molar-refractivity contribution is 7.16. The molecule has 7 rings (SSSR count). The lowest BCUT2D eigenvalue weighted by molar-refractivity contribution is -0.169. The molecule has 2 aromatic carbocycles. The van der Waals surface area contributed by atoms with E-state index in [-0.39, 0.29) is 35.2 Å². The summed E-state index contributed by atoms with van der Waals surface area (Å²) in [5.74, 6) is 0.717. The number of benzene rings is 2. The number of thiazole rings is 1. The highest BCUT2D eigenvalue weighted by Gasteiger charge is 2.53. The zero-order valence-electron chi connectivity index (χ0n) is 26.7. The first-order valence-electron chi connectivity index (χ1n) is 16.5. The lowest BCUT2D eigenvalue weighted by atomic mass is 9.95. The highest BCUT2D eigenvalue weighted by atomic mass is 32.1. The van der Waals surface area contributed by atoms with E-state index in [0.29, 0.717) is 44.6 Å². The number of carbonyl (C=O) groups excluding carboxylic acids is 1. The summed E-state index contributed by atoms with van der Waals surface area (Å²) >= 11 is 3.69. The van der Waals surface area contributed by atoms with E-state index in [1.165, 1.54) is 28.7 Å². The van der Waals surface area contributed by atoms with Gasteiger partial charge in [0, 0.05) is 30.6 Å². The van der Waals surface area contributed by atoms with Gasteiger partial charge in [-0.2, -0.15) is 0 Å². The van der Waals surface area contributed by atoms with Crippen molar-refractivity contribution >= 4 is 50.2 Å². The van der Waals surface area contributed by atoms with Crippen molar-refractivity contribution in [3.8, 4) is 11.5 Å². The number of hydrogen-bond donors (Lipinski definition) is 6. The molecule has 13 heteroatoms. The van der Waals surface area contributed by atoms with Crippen LogP contribution >= 0.6 is 34.0 Å². The minimum atomic E-state index is -1.78. The van der Waals surface area contributed by atoms with E-state index in [9.17, 15) is 24.9 Å². The van der Waals surface area contributed by atoms with E-state index in [1.807, 2.05) is 47.2 Å². The number of aromatic hydroxyl groups is 1. The molecule has 258 valence electrons. The second kappa shape index (κ2) is 14.7. The Hall–Kier alpha value is -3.56. The molecule has 0 amide bonds. The number of aliphatic hydroxyl groups is 2. The Kier molecular flexibility index (Phi) is 10.2. The Balaban J connectivity index is 0.831. The van der Waals surface area contributed by atoms with Gasteiger partial charge < -0.3 is 40.4 Å². The maximum absolute atomic E-state index is 13.6. The summed E-state index contributed by atoms with van der Waals surface area (Å²) in [7, 11) is 0. The first-order chi connectivity index (χ1) is 23.8. The number of hydrogen-bond acceptors (Lipinski definition) is 12. The van der Waals surface area contributed by atoms with Crippen molar-refractivity contribution < 1.29 is 29.6 Å². The van der Waals surface area contributed by atoms with Gasteiger partial charge in [-0.25, -0.2) is 4.79 Å². The Morgan fingerprint density at radius 1 is 1.04 bits per heavy atom. The van der Waals surface area contributed by atoms with Crippen LogP contribution < -0.4 is 20.2 Å². The van der Waals surface area contributed by atoms with Gasteiger partial charge in [0.1, 0.15) is 23.1 Å². The third-order valence-electron chi connectivity index (χ3n) is 9.66. The largest absolute Gasteiger partial charge is 0.506 e. The van der Waals surface area contributed by atoms with Crippen LogP contribution in [0, 0.1) is 11.8 Å². The first kappa shape index (κ1) is 33.9. The van der Waals surface area contributed by atoms with Gasteiger partial charge in [0.15, 0.2) is 0 Å². The maximum atomic E-state index is 13.6. The summed E-state index contributed by atoms with van der Waals surface area (Å²) < 4.78 is 12.7. The molecular weight excluding hydrogens is 683 g/mol. The van der Waals surface area contributed by atoms with Crippen molar-refractivity contribution in [2.45, 2.75) is 56.1 Å². The second-order valence-corrected chi connectivity index (χ2v) is 15.6. The lowest BCUT2D eigenvalue weighted by Crippen LogP contribution is -2.41. The molecule has 49 heavy (non-hydrogen) atoms. The fourth-order valence-corrected chi connectivity index (χ4v) is 9.84. The first-order valence-corrected chi connectivity index (χ1v) is 19.1. The topological polar surface area (TPSA) is 153 Å². The molecule has 2 fully saturated rings. The average Bonchev–Trinajstić information content (AvgIpc) is 3.95. The molecule has 0 spiro atoms. The number of thiophene rings is 2. The molecule has 0 aliphatic heterocycles. The maximum Gasteiger partial charge on any atom is 0.349 e. The molecule has 5 atom stereocenters. The Morgan fingerprint density at radius 3 is 2.51 bits per heavy atom. The van der Waals surface area contributed by atoms with Crippen molar-refractivity contribution in [1.82, 2.24) is 15.6 Å². The van der Waals surface area contributed by atoms with Gasteiger partial charge in [-0.05, 0) is 84.8 Å². The molecule has 4 unspecified atom stereocenters. The zero-order chi connectivity index (χ0) is 34.0. The molecule has 10 nitrogen and oxygen atoms in total. The predicted octanol–water partition coefficient (Wildman–Crippen LogP) is 5.25. The van der Waals surface area contributed by atoms with Crippen LogP contribution in [0.3, 0.4) is 0 Å². The number of phenolic OH excluding ortho intramolecular Hbond substituents is 1. The summed E-state index contributed by atoms with van der Waals surface area (Å²) in [5.41, 5.74) is 0.208. The smallest absolute Gasteiger partial charge is 0.349 e. The van der Waals surface area contributed by atoms with Crippen LogP contribution in [0.1, 0.15) is 52.7 Å². The zero-order valence-corrected chi connectivity index (χ0v) is 29.1. The van der Waals surface area contributed by atoms with Crippen LogP contribution in [0.15, 0.2) is 76.2 Å². The number of esters is 1. The quantitative estimate of drug-likeness (QED) is 0.0629. The molecule has 0 radical (unpaired) electrons. The number of fused-ring (bicyclic) bond motifs is 3. The molecule has 6 N–H and O–H groups in total. The third kappa shape index (κ3) is 7.07. The fourth-order valence-electron chi connectivity index (χ4n) is 7.20. The Bertz CT molecular complexity index is 1870. The normalized spacial score (nSPS) is 20.9. The van der Waals surface area contributed by atoms with Crippen LogP contribution in [0.4, 0.5) is 0 Å². The molecule has 2 aliphatic rings. The second-order valence-electron chi connectivity index (χ2n) is 12.7. The van der Waals surface area contributed by atoms with E-state index in [1.54, 1.807) is 18.2 Å². The van der Waals surface area contributed by atoms with Crippen LogP contribution in [0.25, 0.3) is 10.2 Å². The highest BCUT2D eigenvalue weighted by Crippen LogP contribution is 2.48. The molecule has 2 aliphatic carbocycles. The summed E-state index contributed by atoms with van der Waals surface area (Å²) in [6.07, 6.45) is 2.80. The molecule has 5 aromatic rings. The van der Waals surface area contributed by atoms with Gasteiger partial charge in [-0.15, -0.1) is 22.7 Å². The lowest BCUT2D eigenvalue weighted by Gasteiger charge is -2.28. The van der Waals surface area contributed by atoms with E-state index in [4.69, 9.17) is 9.47 Å². The van der Waals surface area contributed by atoms with Crippen molar-refractivity contribution in [1.29, 1.82) is 0 Å². The monoisotopic (exact) mass is 721 g/mol. The van der Waals surface area contributed by atoms with Gasteiger partial charge in [0.05, 0.1) is 27.2 Å². The van der Waals surface area contributed by atoms with E-state index < -0.39 is 17.7 Å². The van der Waals surface area contributed by atoms with Gasteiger partial charge in [-0.3, -0.25) is 4.79 Å². The predicted molar refractivity (Wildman–Crippen MR) is 191 cm³/mol. The third-order valence-corrected chi connectivity index (χ3v) is 12.5.